The van der Waals surface area contributed by atoms with Crippen LogP contribution in [0.25, 0.3) is 78.4 Å². The van der Waals surface area contributed by atoms with E-state index in [1.54, 1.807) is 0 Å². The average Bonchev–Trinajstić information content (AvgIpc) is 3.72. The molecule has 0 saturated carbocycles. The van der Waals surface area contributed by atoms with E-state index in [1.807, 2.05) is 18.2 Å². The number of hydrogen-bond acceptors (Lipinski definition) is 4. The van der Waals surface area contributed by atoms with Crippen LogP contribution >= 0.6 is 0 Å². The molecule has 0 saturated heterocycles. The van der Waals surface area contributed by atoms with Gasteiger partial charge in [0.15, 0.2) is 17.5 Å². The van der Waals surface area contributed by atoms with Crippen molar-refractivity contribution in [3.63, 3.8) is 0 Å². The van der Waals surface area contributed by atoms with Crippen molar-refractivity contribution in [2.75, 3.05) is 0 Å². The number of rotatable bonds is 3. The van der Waals surface area contributed by atoms with Crippen molar-refractivity contribution >= 4 is 21.9 Å². The lowest BCUT2D eigenvalue weighted by atomic mass is 9.80. The summed E-state index contributed by atoms with van der Waals surface area (Å²) >= 11 is 0. The standard InChI is InChI=1S/C45H33N3O/c1-44(2)35-23-9-6-16-30(35)38-31(19-13-24-36(38)44)41-46-42(32-20-11-17-28-26-14-5-8-22-34(26)45(3,4)39(28)32)48-43(47-41)33-21-12-18-29-27-15-7-10-25-37(27)49-40(29)33/h5-25H,1-4H3. The van der Waals surface area contributed by atoms with Gasteiger partial charge in [0.25, 0.3) is 0 Å². The lowest BCUT2D eigenvalue weighted by Gasteiger charge is -2.24. The molecule has 2 aromatic heterocycles. The Hall–Kier alpha value is -5.87. The summed E-state index contributed by atoms with van der Waals surface area (Å²) in [5.74, 6) is 1.91. The molecule has 0 unspecified atom stereocenters. The van der Waals surface area contributed by atoms with E-state index in [9.17, 15) is 0 Å². The summed E-state index contributed by atoms with van der Waals surface area (Å²) in [6.07, 6.45) is 0. The second-order valence-electron chi connectivity index (χ2n) is 14.4. The molecule has 234 valence electrons. The highest BCUT2D eigenvalue weighted by Crippen LogP contribution is 2.53. The molecule has 0 N–H and O–H groups in total. The summed E-state index contributed by atoms with van der Waals surface area (Å²) in [6, 6.07) is 45.0. The molecule has 2 aliphatic rings. The smallest absolute Gasteiger partial charge is 0.167 e. The Morgan fingerprint density at radius 3 is 1.73 bits per heavy atom. The summed E-state index contributed by atoms with van der Waals surface area (Å²) in [5, 5.41) is 2.12. The van der Waals surface area contributed by atoms with Crippen LogP contribution in [0.15, 0.2) is 132 Å². The zero-order valence-electron chi connectivity index (χ0n) is 27.9. The second-order valence-corrected chi connectivity index (χ2v) is 14.4. The molecule has 0 radical (unpaired) electrons. The van der Waals surface area contributed by atoms with Crippen LogP contribution in [0.2, 0.25) is 0 Å². The van der Waals surface area contributed by atoms with Gasteiger partial charge in [0.05, 0.1) is 5.56 Å². The Morgan fingerprint density at radius 2 is 0.918 bits per heavy atom. The average molecular weight is 632 g/mol. The first kappa shape index (κ1) is 28.2. The molecule has 4 heteroatoms. The molecule has 49 heavy (non-hydrogen) atoms. The Bertz CT molecular complexity index is 2680. The van der Waals surface area contributed by atoms with Crippen LogP contribution < -0.4 is 0 Å². The van der Waals surface area contributed by atoms with Crippen molar-refractivity contribution in [1.82, 2.24) is 15.0 Å². The summed E-state index contributed by atoms with van der Waals surface area (Å²) < 4.78 is 6.53. The Labute approximate surface area is 285 Å². The highest BCUT2D eigenvalue weighted by atomic mass is 16.3. The number of nitrogens with zero attached hydrogens (tertiary/aromatic N) is 3. The molecule has 2 heterocycles. The van der Waals surface area contributed by atoms with E-state index < -0.39 is 0 Å². The lowest BCUT2D eigenvalue weighted by molar-refractivity contribution is 0.660. The fraction of sp³-hybridized carbons (Fsp3) is 0.133. The van der Waals surface area contributed by atoms with Crippen molar-refractivity contribution < 1.29 is 4.42 Å². The van der Waals surface area contributed by atoms with E-state index >= 15 is 0 Å². The molecule has 10 rings (SSSR count). The first-order chi connectivity index (χ1) is 23.8. The molecule has 4 nitrogen and oxygen atoms in total. The van der Waals surface area contributed by atoms with Crippen molar-refractivity contribution in [1.29, 1.82) is 0 Å². The molecule has 0 spiro atoms. The van der Waals surface area contributed by atoms with Crippen molar-refractivity contribution in [2.24, 2.45) is 0 Å². The summed E-state index contributed by atoms with van der Waals surface area (Å²) in [7, 11) is 0. The molecule has 0 bridgehead atoms. The van der Waals surface area contributed by atoms with E-state index in [4.69, 9.17) is 19.4 Å². The molecule has 2 aliphatic carbocycles. The zero-order valence-corrected chi connectivity index (χ0v) is 27.9. The molecule has 0 aliphatic heterocycles. The van der Waals surface area contributed by atoms with Crippen LogP contribution in [0.5, 0.6) is 0 Å². The normalized spacial score (nSPS) is 14.9. The maximum absolute atomic E-state index is 6.53. The molecular weight excluding hydrogens is 599 g/mol. The SMILES string of the molecule is CC1(C)c2ccccc2-c2c(-c3nc(-c4cccc5c4C(C)(C)c4ccccc4-5)nc(-c4cccc5c4oc4ccccc45)n3)cccc21. The maximum Gasteiger partial charge on any atom is 0.167 e. The van der Waals surface area contributed by atoms with Gasteiger partial charge in [-0.2, -0.15) is 0 Å². The van der Waals surface area contributed by atoms with Gasteiger partial charge in [-0.15, -0.1) is 0 Å². The molecule has 0 fully saturated rings. The predicted octanol–water partition coefficient (Wildman–Crippen LogP) is 11.4. The van der Waals surface area contributed by atoms with Gasteiger partial charge in [-0.25, -0.2) is 15.0 Å². The fourth-order valence-corrected chi connectivity index (χ4v) is 8.64. The van der Waals surface area contributed by atoms with E-state index in [0.29, 0.717) is 17.5 Å². The van der Waals surface area contributed by atoms with Crippen molar-refractivity contribution in [3.8, 4) is 56.4 Å². The third kappa shape index (κ3) is 3.83. The Kier molecular flexibility index (Phi) is 5.65. The quantitative estimate of drug-likeness (QED) is 0.195. The van der Waals surface area contributed by atoms with Gasteiger partial charge in [0.1, 0.15) is 11.2 Å². The second kappa shape index (κ2) is 9.83. The van der Waals surface area contributed by atoms with Crippen LogP contribution in [-0.4, -0.2) is 15.0 Å². The first-order valence-electron chi connectivity index (χ1n) is 17.0. The number of aromatic nitrogens is 3. The minimum absolute atomic E-state index is 0.142. The third-order valence-electron chi connectivity index (χ3n) is 10.9. The molecule has 0 atom stereocenters. The predicted molar refractivity (Wildman–Crippen MR) is 199 cm³/mol. The van der Waals surface area contributed by atoms with Gasteiger partial charge < -0.3 is 4.42 Å². The maximum atomic E-state index is 6.53. The number of benzene rings is 6. The molecule has 6 aromatic carbocycles. The van der Waals surface area contributed by atoms with E-state index in [2.05, 4.69) is 137 Å². The van der Waals surface area contributed by atoms with E-state index in [1.165, 1.54) is 44.5 Å². The minimum Gasteiger partial charge on any atom is -0.455 e. The van der Waals surface area contributed by atoms with E-state index in [0.717, 1.165) is 38.6 Å². The monoisotopic (exact) mass is 631 g/mol. The molecular formula is C45H33N3O. The Morgan fingerprint density at radius 1 is 0.408 bits per heavy atom. The minimum atomic E-state index is -0.231. The fourth-order valence-electron chi connectivity index (χ4n) is 8.64. The lowest BCUT2D eigenvalue weighted by Crippen LogP contribution is -2.17. The number of hydrogen-bond donors (Lipinski definition) is 0. The molecule has 8 aromatic rings. The van der Waals surface area contributed by atoms with Crippen LogP contribution in [0, 0.1) is 0 Å². The zero-order chi connectivity index (χ0) is 33.1. The number of furan rings is 1. The van der Waals surface area contributed by atoms with Crippen LogP contribution in [0.4, 0.5) is 0 Å². The van der Waals surface area contributed by atoms with Gasteiger partial charge in [0.2, 0.25) is 0 Å². The van der Waals surface area contributed by atoms with Gasteiger partial charge in [-0.3, -0.25) is 0 Å². The summed E-state index contributed by atoms with van der Waals surface area (Å²) in [5.41, 5.74) is 14.2. The number of fused-ring (bicyclic) bond motifs is 9. The largest absolute Gasteiger partial charge is 0.455 e. The first-order valence-corrected chi connectivity index (χ1v) is 17.0. The third-order valence-corrected chi connectivity index (χ3v) is 10.9. The van der Waals surface area contributed by atoms with Gasteiger partial charge >= 0.3 is 0 Å². The van der Waals surface area contributed by atoms with E-state index in [-0.39, 0.29) is 10.8 Å². The topological polar surface area (TPSA) is 51.8 Å². The van der Waals surface area contributed by atoms with Crippen LogP contribution in [0.1, 0.15) is 49.9 Å². The van der Waals surface area contributed by atoms with Gasteiger partial charge in [-0.05, 0) is 56.6 Å². The van der Waals surface area contributed by atoms with Gasteiger partial charge in [-0.1, -0.05) is 143 Å². The highest BCUT2D eigenvalue weighted by molar-refractivity contribution is 6.09. The van der Waals surface area contributed by atoms with Crippen LogP contribution in [0.3, 0.4) is 0 Å². The van der Waals surface area contributed by atoms with Crippen molar-refractivity contribution in [3.05, 3.63) is 150 Å². The summed E-state index contributed by atoms with van der Waals surface area (Å²) in [4.78, 5) is 16.0. The van der Waals surface area contributed by atoms with Crippen molar-refractivity contribution in [2.45, 2.75) is 38.5 Å². The van der Waals surface area contributed by atoms with Crippen LogP contribution in [-0.2, 0) is 10.8 Å². The van der Waals surface area contributed by atoms with Gasteiger partial charge in [0, 0.05) is 32.7 Å². The highest BCUT2D eigenvalue weighted by Gasteiger charge is 2.39. The Balaban J connectivity index is 1.28. The number of para-hydroxylation sites is 2. The molecule has 0 amide bonds. The summed E-state index contributed by atoms with van der Waals surface area (Å²) in [6.45, 7) is 9.23.